The van der Waals surface area contributed by atoms with Gasteiger partial charge < -0.3 is 14.8 Å². The van der Waals surface area contributed by atoms with Crippen LogP contribution in [0.25, 0.3) is 22.6 Å². The van der Waals surface area contributed by atoms with E-state index in [4.69, 9.17) is 21.1 Å². The van der Waals surface area contributed by atoms with Crippen LogP contribution in [0, 0.1) is 0 Å². The minimum absolute atomic E-state index is 0.191. The smallest absolute Gasteiger partial charge is 0.335 e. The fraction of sp³-hybridized carbons (Fsp3) is 0.176. The Balaban J connectivity index is 1.83. The molecule has 0 amide bonds. The summed E-state index contributed by atoms with van der Waals surface area (Å²) in [5, 5.41) is 12.3. The molecule has 0 saturated heterocycles. The molecule has 0 atom stereocenters. The highest BCUT2D eigenvalue weighted by molar-refractivity contribution is 6.17. The van der Waals surface area contributed by atoms with Crippen LogP contribution in [0.5, 0.6) is 0 Å². The SMILES string of the molecule is O=C(O)c1ccc2oc(-c3ccc(NCCCCl)cc3)nc2c1. The summed E-state index contributed by atoms with van der Waals surface area (Å²) in [6.07, 6.45) is 0.903. The van der Waals surface area contributed by atoms with Crippen LogP contribution in [-0.2, 0) is 0 Å². The summed E-state index contributed by atoms with van der Waals surface area (Å²) < 4.78 is 5.69. The molecule has 6 heteroatoms. The Morgan fingerprint density at radius 2 is 2.00 bits per heavy atom. The van der Waals surface area contributed by atoms with Crippen LogP contribution in [0.1, 0.15) is 16.8 Å². The number of aromatic nitrogens is 1. The highest BCUT2D eigenvalue weighted by atomic mass is 35.5. The Hall–Kier alpha value is -2.53. The second-order valence-electron chi connectivity index (χ2n) is 5.05. The molecular weight excluding hydrogens is 316 g/mol. The molecule has 0 aliphatic carbocycles. The number of nitrogens with one attached hydrogen (secondary N) is 1. The number of carboxylic acids is 1. The Labute approximate surface area is 137 Å². The first-order chi connectivity index (χ1) is 11.2. The summed E-state index contributed by atoms with van der Waals surface area (Å²) in [6, 6.07) is 12.3. The molecule has 3 rings (SSSR count). The van der Waals surface area contributed by atoms with E-state index < -0.39 is 5.97 Å². The summed E-state index contributed by atoms with van der Waals surface area (Å²) in [5.74, 6) is 0.116. The van der Waals surface area contributed by atoms with Crippen LogP contribution < -0.4 is 5.32 Å². The number of anilines is 1. The maximum absolute atomic E-state index is 11.0. The van der Waals surface area contributed by atoms with Crippen molar-refractivity contribution in [3.8, 4) is 11.5 Å². The molecule has 5 nitrogen and oxygen atoms in total. The van der Waals surface area contributed by atoms with E-state index in [-0.39, 0.29) is 5.56 Å². The van der Waals surface area contributed by atoms with Gasteiger partial charge in [0.25, 0.3) is 0 Å². The number of nitrogens with zero attached hydrogens (tertiary/aromatic N) is 1. The number of fused-ring (bicyclic) bond motifs is 1. The lowest BCUT2D eigenvalue weighted by atomic mass is 10.2. The molecule has 3 aromatic rings. The van der Waals surface area contributed by atoms with Crippen LogP contribution in [0.4, 0.5) is 5.69 Å². The van der Waals surface area contributed by atoms with Gasteiger partial charge in [-0.3, -0.25) is 0 Å². The first-order valence-corrected chi connectivity index (χ1v) is 7.75. The summed E-state index contributed by atoms with van der Waals surface area (Å²) in [5.41, 5.74) is 3.12. The second-order valence-corrected chi connectivity index (χ2v) is 5.43. The number of halogens is 1. The van der Waals surface area contributed by atoms with E-state index in [0.29, 0.717) is 22.9 Å². The molecule has 0 spiro atoms. The average Bonchev–Trinajstić information content (AvgIpc) is 2.98. The highest BCUT2D eigenvalue weighted by Crippen LogP contribution is 2.26. The quantitative estimate of drug-likeness (QED) is 0.522. The zero-order valence-electron chi connectivity index (χ0n) is 12.3. The topological polar surface area (TPSA) is 75.4 Å². The lowest BCUT2D eigenvalue weighted by molar-refractivity contribution is 0.0697. The summed E-state index contributed by atoms with van der Waals surface area (Å²) in [4.78, 5) is 15.4. The van der Waals surface area contributed by atoms with Crippen LogP contribution >= 0.6 is 11.6 Å². The third-order valence-corrected chi connectivity index (χ3v) is 3.67. The van der Waals surface area contributed by atoms with Crippen molar-refractivity contribution in [2.24, 2.45) is 0 Å². The molecule has 2 aromatic carbocycles. The van der Waals surface area contributed by atoms with Gasteiger partial charge in [-0.1, -0.05) is 0 Å². The third kappa shape index (κ3) is 3.46. The minimum atomic E-state index is -0.983. The van der Waals surface area contributed by atoms with E-state index in [2.05, 4.69) is 10.3 Å². The Bertz CT molecular complexity index is 827. The molecule has 0 aliphatic heterocycles. The van der Waals surface area contributed by atoms with Crippen LogP contribution in [0.15, 0.2) is 46.9 Å². The standard InChI is InChI=1S/C17H15ClN2O3/c18-8-1-9-19-13-5-2-11(3-6-13)16-20-14-10-12(17(21)22)4-7-15(14)23-16/h2-7,10,19H,1,8-9H2,(H,21,22). The molecule has 118 valence electrons. The number of carboxylic acid groups (broad SMARTS) is 1. The molecule has 0 bridgehead atoms. The fourth-order valence-electron chi connectivity index (χ4n) is 2.21. The zero-order chi connectivity index (χ0) is 16.2. The van der Waals surface area contributed by atoms with Gasteiger partial charge in [0.15, 0.2) is 5.58 Å². The Morgan fingerprint density at radius 3 is 2.70 bits per heavy atom. The number of hydrogen-bond donors (Lipinski definition) is 2. The molecule has 2 N–H and O–H groups in total. The van der Waals surface area contributed by atoms with Crippen LogP contribution in [0.3, 0.4) is 0 Å². The highest BCUT2D eigenvalue weighted by Gasteiger charge is 2.11. The van der Waals surface area contributed by atoms with Gasteiger partial charge >= 0.3 is 5.97 Å². The van der Waals surface area contributed by atoms with Gasteiger partial charge in [-0.2, -0.15) is 0 Å². The van der Waals surface area contributed by atoms with Gasteiger partial charge in [0, 0.05) is 23.7 Å². The molecule has 0 saturated carbocycles. The predicted octanol–water partition coefficient (Wildman–Crippen LogP) is 4.23. The van der Waals surface area contributed by atoms with E-state index in [1.807, 2.05) is 24.3 Å². The number of carbonyl (C=O) groups is 1. The number of alkyl halides is 1. The van der Waals surface area contributed by atoms with Crippen LogP contribution in [-0.4, -0.2) is 28.5 Å². The van der Waals surface area contributed by atoms with E-state index in [1.165, 1.54) is 12.1 Å². The van der Waals surface area contributed by atoms with Crippen molar-refractivity contribution in [3.05, 3.63) is 48.0 Å². The van der Waals surface area contributed by atoms with E-state index in [0.717, 1.165) is 24.2 Å². The first kappa shape index (κ1) is 15.4. The summed E-state index contributed by atoms with van der Waals surface area (Å²) in [6.45, 7) is 0.823. The van der Waals surface area contributed by atoms with Gasteiger partial charge in [-0.05, 0) is 48.9 Å². The van der Waals surface area contributed by atoms with Gasteiger partial charge in [0.05, 0.1) is 5.56 Å². The largest absolute Gasteiger partial charge is 0.478 e. The van der Waals surface area contributed by atoms with E-state index in [9.17, 15) is 4.79 Å². The van der Waals surface area contributed by atoms with Crippen molar-refractivity contribution in [3.63, 3.8) is 0 Å². The van der Waals surface area contributed by atoms with Crippen molar-refractivity contribution in [1.29, 1.82) is 0 Å². The van der Waals surface area contributed by atoms with Gasteiger partial charge in [0.2, 0.25) is 5.89 Å². The molecule has 23 heavy (non-hydrogen) atoms. The fourth-order valence-corrected chi connectivity index (χ4v) is 2.35. The molecule has 1 heterocycles. The molecular formula is C17H15ClN2O3. The number of rotatable bonds is 6. The van der Waals surface area contributed by atoms with E-state index in [1.54, 1.807) is 6.07 Å². The summed E-state index contributed by atoms with van der Waals surface area (Å²) in [7, 11) is 0. The number of benzene rings is 2. The van der Waals surface area contributed by atoms with E-state index >= 15 is 0 Å². The van der Waals surface area contributed by atoms with Crippen molar-refractivity contribution in [2.75, 3.05) is 17.7 Å². The first-order valence-electron chi connectivity index (χ1n) is 7.21. The van der Waals surface area contributed by atoms with Crippen molar-refractivity contribution in [2.45, 2.75) is 6.42 Å². The lowest BCUT2D eigenvalue weighted by Crippen LogP contribution is -2.01. The number of oxazole rings is 1. The van der Waals surface area contributed by atoms with Crippen molar-refractivity contribution >= 4 is 34.4 Å². The molecule has 0 radical (unpaired) electrons. The molecule has 1 aromatic heterocycles. The predicted molar refractivity (Wildman–Crippen MR) is 90.2 cm³/mol. The zero-order valence-corrected chi connectivity index (χ0v) is 13.0. The second kappa shape index (κ2) is 6.71. The van der Waals surface area contributed by atoms with Crippen molar-refractivity contribution < 1.29 is 14.3 Å². The maximum atomic E-state index is 11.0. The third-order valence-electron chi connectivity index (χ3n) is 3.41. The molecule has 0 aliphatic rings. The lowest BCUT2D eigenvalue weighted by Gasteiger charge is -2.05. The molecule has 0 fully saturated rings. The van der Waals surface area contributed by atoms with Crippen LogP contribution in [0.2, 0.25) is 0 Å². The number of aromatic carboxylic acids is 1. The monoisotopic (exact) mass is 330 g/mol. The minimum Gasteiger partial charge on any atom is -0.478 e. The summed E-state index contributed by atoms with van der Waals surface area (Å²) >= 11 is 5.64. The van der Waals surface area contributed by atoms with Crippen molar-refractivity contribution in [1.82, 2.24) is 4.98 Å². The normalized spacial score (nSPS) is 10.8. The maximum Gasteiger partial charge on any atom is 0.335 e. The molecule has 0 unspecified atom stereocenters. The Kier molecular flexibility index (Phi) is 4.48. The van der Waals surface area contributed by atoms with Gasteiger partial charge in [0.1, 0.15) is 5.52 Å². The van der Waals surface area contributed by atoms with Gasteiger partial charge in [-0.25, -0.2) is 9.78 Å². The Morgan fingerprint density at radius 1 is 1.22 bits per heavy atom. The van der Waals surface area contributed by atoms with Gasteiger partial charge in [-0.15, -0.1) is 11.6 Å². The average molecular weight is 331 g/mol. The number of hydrogen-bond acceptors (Lipinski definition) is 4.